The fraction of sp³-hybridized carbons (Fsp3) is 0.600. The maximum atomic E-state index is 5.97. The van der Waals surface area contributed by atoms with E-state index in [1.165, 1.54) is 11.1 Å². The van der Waals surface area contributed by atoms with Gasteiger partial charge in [-0.05, 0) is 44.7 Å². The lowest BCUT2D eigenvalue weighted by atomic mass is 9.82. The summed E-state index contributed by atoms with van der Waals surface area (Å²) in [6.45, 7) is 11.3. The van der Waals surface area contributed by atoms with Crippen molar-refractivity contribution in [3.05, 3.63) is 41.4 Å². The summed E-state index contributed by atoms with van der Waals surface area (Å²) in [6.07, 6.45) is 4.32. The fourth-order valence-electron chi connectivity index (χ4n) is 3.54. The van der Waals surface area contributed by atoms with Crippen molar-refractivity contribution in [1.82, 2.24) is 4.90 Å². The van der Waals surface area contributed by atoms with Gasteiger partial charge in [0.05, 0.1) is 18.8 Å². The Morgan fingerprint density at radius 3 is 2.60 bits per heavy atom. The number of morpholine rings is 1. The van der Waals surface area contributed by atoms with E-state index in [0.717, 1.165) is 45.7 Å². The van der Waals surface area contributed by atoms with Gasteiger partial charge in [0.2, 0.25) is 0 Å². The molecule has 2 heterocycles. The van der Waals surface area contributed by atoms with Gasteiger partial charge < -0.3 is 14.0 Å². The first-order valence-corrected chi connectivity index (χ1v) is 9.41. The van der Waals surface area contributed by atoms with Crippen molar-refractivity contribution in [2.45, 2.75) is 45.3 Å². The van der Waals surface area contributed by atoms with Crippen LogP contribution in [0.2, 0.25) is 0 Å². The second-order valence-corrected chi connectivity index (χ2v) is 7.70. The smallest absolute Gasteiger partial charge is 0.405 e. The Bertz CT molecular complexity index is 567. The summed E-state index contributed by atoms with van der Waals surface area (Å²) in [5.41, 5.74) is 2.43. The highest BCUT2D eigenvalue weighted by Crippen LogP contribution is 2.26. The quantitative estimate of drug-likeness (QED) is 0.769. The van der Waals surface area contributed by atoms with E-state index in [9.17, 15) is 0 Å². The third-order valence-corrected chi connectivity index (χ3v) is 4.83. The molecular weight excluding hydrogens is 313 g/mol. The van der Waals surface area contributed by atoms with Gasteiger partial charge in [-0.15, -0.1) is 0 Å². The predicted molar refractivity (Wildman–Crippen MR) is 103 cm³/mol. The van der Waals surface area contributed by atoms with Crippen molar-refractivity contribution < 1.29 is 14.0 Å². The van der Waals surface area contributed by atoms with E-state index in [2.05, 4.69) is 56.0 Å². The molecule has 4 nitrogen and oxygen atoms in total. The second-order valence-electron chi connectivity index (χ2n) is 7.70. The topological polar surface area (TPSA) is 30.9 Å². The number of rotatable bonds is 5. The average Bonchev–Trinajstić information content (AvgIpc) is 2.58. The molecule has 2 fully saturated rings. The summed E-state index contributed by atoms with van der Waals surface area (Å²) < 4.78 is 17.2. The first kappa shape index (κ1) is 18.6. The Labute approximate surface area is 152 Å². The van der Waals surface area contributed by atoms with Crippen LogP contribution in [0.3, 0.4) is 0 Å². The molecule has 0 saturated carbocycles. The molecule has 0 unspecified atom stereocenters. The summed E-state index contributed by atoms with van der Waals surface area (Å²) in [6, 6.07) is 8.77. The number of ether oxygens (including phenoxy) is 1. The predicted octanol–water partition coefficient (Wildman–Crippen LogP) is 3.21. The molecule has 0 bridgehead atoms. The van der Waals surface area contributed by atoms with Crippen molar-refractivity contribution in [3.8, 4) is 0 Å². The Morgan fingerprint density at radius 2 is 1.92 bits per heavy atom. The Morgan fingerprint density at radius 1 is 1.20 bits per heavy atom. The normalized spacial score (nSPS) is 24.8. The van der Waals surface area contributed by atoms with Crippen molar-refractivity contribution >= 4 is 13.2 Å². The second kappa shape index (κ2) is 8.50. The molecular formula is C20H30BNO3. The molecule has 2 saturated heterocycles. The lowest BCUT2D eigenvalue weighted by molar-refractivity contribution is -0.0235. The number of benzene rings is 1. The van der Waals surface area contributed by atoms with Crippen LogP contribution < -0.4 is 0 Å². The van der Waals surface area contributed by atoms with Gasteiger partial charge in [-0.3, -0.25) is 4.90 Å². The molecule has 0 N–H and O–H groups in total. The summed E-state index contributed by atoms with van der Waals surface area (Å²) in [5, 5.41) is 0. The van der Waals surface area contributed by atoms with Gasteiger partial charge in [-0.2, -0.15) is 0 Å². The van der Waals surface area contributed by atoms with Crippen LogP contribution in [0.15, 0.2) is 30.2 Å². The van der Waals surface area contributed by atoms with Crippen LogP contribution in [-0.2, 0) is 20.5 Å². The van der Waals surface area contributed by atoms with E-state index in [1.54, 1.807) is 0 Å². The van der Waals surface area contributed by atoms with Gasteiger partial charge in [0.25, 0.3) is 0 Å². The van der Waals surface area contributed by atoms with E-state index in [1.807, 2.05) is 5.98 Å². The van der Waals surface area contributed by atoms with Crippen LogP contribution >= 0.6 is 0 Å². The molecule has 5 heteroatoms. The Balaban J connectivity index is 1.50. The zero-order valence-electron chi connectivity index (χ0n) is 15.7. The van der Waals surface area contributed by atoms with E-state index >= 15 is 0 Å². The molecule has 1 atom stereocenters. The molecule has 25 heavy (non-hydrogen) atoms. The zero-order valence-corrected chi connectivity index (χ0v) is 15.7. The van der Waals surface area contributed by atoms with E-state index in [-0.39, 0.29) is 18.8 Å². The van der Waals surface area contributed by atoms with Crippen LogP contribution in [0.4, 0.5) is 0 Å². The van der Waals surface area contributed by atoms with Crippen LogP contribution in [-0.4, -0.2) is 56.6 Å². The molecule has 0 amide bonds. The highest BCUT2D eigenvalue weighted by molar-refractivity contribution is 6.52. The minimum Gasteiger partial charge on any atom is -0.405 e. The largest absolute Gasteiger partial charge is 0.486 e. The number of hydrogen-bond acceptors (Lipinski definition) is 4. The first-order valence-electron chi connectivity index (χ1n) is 9.41. The van der Waals surface area contributed by atoms with Gasteiger partial charge >= 0.3 is 7.12 Å². The molecule has 3 rings (SSSR count). The minimum atomic E-state index is -0.264. The van der Waals surface area contributed by atoms with Crippen molar-refractivity contribution in [2.24, 2.45) is 0 Å². The molecule has 2 aliphatic heterocycles. The Hall–Kier alpha value is -1.14. The standard InChI is InChI=1S/C20H30BNO3/c1-17-16-20(2,3)25-21(24-17)10-8-18-4-6-19(7-5-18)9-11-22-12-14-23-15-13-22/h4-8,10,17H,9,11-16H2,1-3H3/t17-/m0/s1. The van der Waals surface area contributed by atoms with Gasteiger partial charge in [-0.1, -0.05) is 36.3 Å². The zero-order chi connectivity index (χ0) is 17.7. The van der Waals surface area contributed by atoms with Crippen molar-refractivity contribution in [2.75, 3.05) is 32.8 Å². The fourth-order valence-corrected chi connectivity index (χ4v) is 3.54. The minimum absolute atomic E-state index is 0.129. The van der Waals surface area contributed by atoms with E-state index in [4.69, 9.17) is 14.0 Å². The Kier molecular flexibility index (Phi) is 6.34. The molecule has 1 aromatic rings. The highest BCUT2D eigenvalue weighted by Gasteiger charge is 2.35. The number of nitrogens with zero attached hydrogens (tertiary/aromatic N) is 1. The molecule has 0 aromatic heterocycles. The van der Waals surface area contributed by atoms with Crippen LogP contribution in [0.1, 0.15) is 38.3 Å². The van der Waals surface area contributed by atoms with Gasteiger partial charge in [-0.25, -0.2) is 0 Å². The third kappa shape index (κ3) is 5.96. The lowest BCUT2D eigenvalue weighted by Gasteiger charge is -2.37. The number of hydrogen-bond donors (Lipinski definition) is 0. The SMILES string of the molecule is C[C@H]1CC(C)(C)OB(C=Cc2ccc(CCN3CCOCC3)cc2)O1. The monoisotopic (exact) mass is 343 g/mol. The van der Waals surface area contributed by atoms with Gasteiger partial charge in [0.1, 0.15) is 0 Å². The first-order chi connectivity index (χ1) is 12.0. The van der Waals surface area contributed by atoms with Gasteiger partial charge in [0.15, 0.2) is 0 Å². The molecule has 0 spiro atoms. The average molecular weight is 343 g/mol. The van der Waals surface area contributed by atoms with E-state index < -0.39 is 0 Å². The highest BCUT2D eigenvalue weighted by atomic mass is 16.6. The molecule has 136 valence electrons. The van der Waals surface area contributed by atoms with Crippen LogP contribution in [0.25, 0.3) is 6.08 Å². The lowest BCUT2D eigenvalue weighted by Crippen LogP contribution is -2.45. The summed E-state index contributed by atoms with van der Waals surface area (Å²) >= 11 is 0. The molecule has 2 aliphatic rings. The van der Waals surface area contributed by atoms with Crippen LogP contribution in [0, 0.1) is 0 Å². The van der Waals surface area contributed by atoms with Gasteiger partial charge in [0, 0.05) is 25.7 Å². The maximum absolute atomic E-state index is 5.97. The van der Waals surface area contributed by atoms with Crippen molar-refractivity contribution in [1.29, 1.82) is 0 Å². The third-order valence-electron chi connectivity index (χ3n) is 4.83. The molecule has 0 radical (unpaired) electrons. The summed E-state index contributed by atoms with van der Waals surface area (Å²) in [7, 11) is -0.264. The molecule has 1 aromatic carbocycles. The molecule has 0 aliphatic carbocycles. The summed E-state index contributed by atoms with van der Waals surface area (Å²) in [4.78, 5) is 2.47. The van der Waals surface area contributed by atoms with Crippen LogP contribution in [0.5, 0.6) is 0 Å². The summed E-state index contributed by atoms with van der Waals surface area (Å²) in [5.74, 6) is 2.01. The van der Waals surface area contributed by atoms with Crippen molar-refractivity contribution in [3.63, 3.8) is 0 Å². The van der Waals surface area contributed by atoms with E-state index in [0.29, 0.717) is 0 Å². The maximum Gasteiger partial charge on any atom is 0.486 e.